The van der Waals surface area contributed by atoms with Crippen molar-refractivity contribution < 1.29 is 9.21 Å². The van der Waals surface area contributed by atoms with Gasteiger partial charge in [0.25, 0.3) is 5.91 Å². The Kier molecular flexibility index (Phi) is 5.60. The van der Waals surface area contributed by atoms with Crippen molar-refractivity contribution in [1.82, 2.24) is 4.90 Å². The third kappa shape index (κ3) is 4.01. The van der Waals surface area contributed by atoms with E-state index in [1.54, 1.807) is 6.07 Å². The van der Waals surface area contributed by atoms with E-state index in [2.05, 4.69) is 23.2 Å². The molecule has 0 atom stereocenters. The molecule has 1 amide bonds. The predicted octanol–water partition coefficient (Wildman–Crippen LogP) is 2.85. The lowest BCUT2D eigenvalue weighted by atomic mass is 10.1. The van der Waals surface area contributed by atoms with Crippen molar-refractivity contribution in [3.8, 4) is 0 Å². The van der Waals surface area contributed by atoms with Crippen LogP contribution in [0.5, 0.6) is 0 Å². The van der Waals surface area contributed by atoms with Crippen molar-refractivity contribution >= 4 is 23.4 Å². The molecule has 6 heteroatoms. The lowest BCUT2D eigenvalue weighted by Crippen LogP contribution is -2.32. The van der Waals surface area contributed by atoms with Crippen LogP contribution in [0.25, 0.3) is 0 Å². The van der Waals surface area contributed by atoms with E-state index in [1.807, 2.05) is 23.9 Å². The van der Waals surface area contributed by atoms with Crippen LogP contribution in [-0.4, -0.2) is 35.4 Å². The molecule has 1 fully saturated rings. The molecular formula is C18H23N3O2S. The SMILES string of the molecule is Cc1c(CN2CCSCC2)cccc1NC(=O)c1coc(CN)c1. The van der Waals surface area contributed by atoms with E-state index in [0.29, 0.717) is 11.3 Å². The molecule has 0 unspecified atom stereocenters. The number of carbonyl (C=O) groups is 1. The number of anilines is 1. The highest BCUT2D eigenvalue weighted by molar-refractivity contribution is 7.99. The van der Waals surface area contributed by atoms with E-state index in [1.165, 1.54) is 23.3 Å². The molecule has 0 saturated carbocycles. The Labute approximate surface area is 146 Å². The molecule has 0 aliphatic carbocycles. The zero-order valence-electron chi connectivity index (χ0n) is 13.9. The van der Waals surface area contributed by atoms with Crippen LogP contribution in [0.15, 0.2) is 34.9 Å². The van der Waals surface area contributed by atoms with E-state index in [-0.39, 0.29) is 12.5 Å². The Morgan fingerprint density at radius 2 is 2.17 bits per heavy atom. The number of hydrogen-bond acceptors (Lipinski definition) is 5. The van der Waals surface area contributed by atoms with Crippen LogP contribution in [0.3, 0.4) is 0 Å². The zero-order chi connectivity index (χ0) is 16.9. The Morgan fingerprint density at radius 3 is 2.88 bits per heavy atom. The van der Waals surface area contributed by atoms with Crippen LogP contribution in [0.2, 0.25) is 0 Å². The predicted molar refractivity (Wildman–Crippen MR) is 98.3 cm³/mol. The maximum atomic E-state index is 12.4. The Hall–Kier alpha value is -1.76. The number of furan rings is 1. The van der Waals surface area contributed by atoms with Crippen molar-refractivity contribution in [3.05, 3.63) is 53.0 Å². The average molecular weight is 345 g/mol. The van der Waals surface area contributed by atoms with Crippen LogP contribution in [0.4, 0.5) is 5.69 Å². The molecule has 0 bridgehead atoms. The van der Waals surface area contributed by atoms with Gasteiger partial charge in [0.1, 0.15) is 12.0 Å². The molecule has 1 aromatic carbocycles. The van der Waals surface area contributed by atoms with Gasteiger partial charge in [-0.3, -0.25) is 9.69 Å². The minimum absolute atomic E-state index is 0.173. The van der Waals surface area contributed by atoms with E-state index >= 15 is 0 Å². The monoisotopic (exact) mass is 345 g/mol. The van der Waals surface area contributed by atoms with Crippen LogP contribution in [0.1, 0.15) is 27.2 Å². The first-order valence-corrected chi connectivity index (χ1v) is 9.30. The molecule has 0 spiro atoms. The fourth-order valence-corrected chi connectivity index (χ4v) is 3.77. The van der Waals surface area contributed by atoms with Gasteiger partial charge < -0.3 is 15.5 Å². The quantitative estimate of drug-likeness (QED) is 0.872. The standard InChI is InChI=1S/C18H23N3O2S/c1-13-14(11-21-5-7-24-8-6-21)3-2-4-17(13)20-18(22)15-9-16(10-19)23-12-15/h2-4,9,12H,5-8,10-11,19H2,1H3,(H,20,22). The number of nitrogens with zero attached hydrogens (tertiary/aromatic N) is 1. The maximum absolute atomic E-state index is 12.4. The summed E-state index contributed by atoms with van der Waals surface area (Å²) < 4.78 is 5.23. The summed E-state index contributed by atoms with van der Waals surface area (Å²) in [4.78, 5) is 14.8. The van der Waals surface area contributed by atoms with Gasteiger partial charge in [-0.15, -0.1) is 0 Å². The molecule has 0 radical (unpaired) electrons. The van der Waals surface area contributed by atoms with Gasteiger partial charge in [0.05, 0.1) is 12.1 Å². The molecule has 3 rings (SSSR count). The fourth-order valence-electron chi connectivity index (χ4n) is 2.79. The lowest BCUT2D eigenvalue weighted by molar-refractivity contribution is 0.102. The Morgan fingerprint density at radius 1 is 1.38 bits per heavy atom. The highest BCUT2D eigenvalue weighted by Gasteiger charge is 2.15. The normalized spacial score (nSPS) is 15.4. The lowest BCUT2D eigenvalue weighted by Gasteiger charge is -2.27. The summed E-state index contributed by atoms with van der Waals surface area (Å²) in [7, 11) is 0. The molecule has 1 aliphatic rings. The topological polar surface area (TPSA) is 71.5 Å². The number of amides is 1. The van der Waals surface area contributed by atoms with E-state index < -0.39 is 0 Å². The molecule has 24 heavy (non-hydrogen) atoms. The molecule has 1 aromatic heterocycles. The number of carbonyl (C=O) groups excluding carboxylic acids is 1. The Bertz CT molecular complexity index is 708. The molecular weight excluding hydrogens is 322 g/mol. The number of thioether (sulfide) groups is 1. The smallest absolute Gasteiger partial charge is 0.258 e. The van der Waals surface area contributed by atoms with Gasteiger partial charge in [-0.1, -0.05) is 12.1 Å². The molecule has 3 N–H and O–H groups in total. The van der Waals surface area contributed by atoms with Crippen LogP contribution < -0.4 is 11.1 Å². The van der Waals surface area contributed by atoms with Gasteiger partial charge in [0.2, 0.25) is 0 Å². The zero-order valence-corrected chi connectivity index (χ0v) is 14.7. The first-order chi connectivity index (χ1) is 11.7. The second-order valence-electron chi connectivity index (χ2n) is 5.94. The highest BCUT2D eigenvalue weighted by atomic mass is 32.2. The number of hydrogen-bond donors (Lipinski definition) is 2. The van der Waals surface area contributed by atoms with E-state index in [4.69, 9.17) is 10.2 Å². The second kappa shape index (κ2) is 7.88. The molecule has 128 valence electrons. The summed E-state index contributed by atoms with van der Waals surface area (Å²) >= 11 is 2.01. The molecule has 2 heterocycles. The number of nitrogens with one attached hydrogen (secondary N) is 1. The van der Waals surface area contributed by atoms with Crippen LogP contribution in [-0.2, 0) is 13.1 Å². The first kappa shape index (κ1) is 17.1. The van der Waals surface area contributed by atoms with E-state index in [0.717, 1.165) is 30.9 Å². The Balaban J connectivity index is 1.71. The molecule has 1 saturated heterocycles. The fraction of sp³-hybridized carbons (Fsp3) is 0.389. The minimum Gasteiger partial charge on any atom is -0.467 e. The third-order valence-electron chi connectivity index (χ3n) is 4.31. The van der Waals surface area contributed by atoms with Crippen LogP contribution in [0, 0.1) is 6.92 Å². The summed E-state index contributed by atoms with van der Waals surface area (Å²) in [5.74, 6) is 2.82. The number of nitrogens with two attached hydrogens (primary N) is 1. The highest BCUT2D eigenvalue weighted by Crippen LogP contribution is 2.22. The minimum atomic E-state index is -0.173. The number of benzene rings is 1. The summed E-state index contributed by atoms with van der Waals surface area (Å²) in [6, 6.07) is 7.75. The van der Waals surface area contributed by atoms with Gasteiger partial charge in [0, 0.05) is 36.8 Å². The molecule has 1 aliphatic heterocycles. The van der Waals surface area contributed by atoms with Crippen molar-refractivity contribution in [2.75, 3.05) is 29.9 Å². The second-order valence-corrected chi connectivity index (χ2v) is 7.16. The van der Waals surface area contributed by atoms with Gasteiger partial charge in [-0.2, -0.15) is 11.8 Å². The summed E-state index contributed by atoms with van der Waals surface area (Å²) in [5, 5.41) is 2.98. The van der Waals surface area contributed by atoms with Crippen molar-refractivity contribution in [3.63, 3.8) is 0 Å². The average Bonchev–Trinajstić information content (AvgIpc) is 3.09. The van der Waals surface area contributed by atoms with Crippen molar-refractivity contribution in [2.45, 2.75) is 20.0 Å². The first-order valence-electron chi connectivity index (χ1n) is 8.15. The summed E-state index contributed by atoms with van der Waals surface area (Å²) in [6.07, 6.45) is 1.45. The van der Waals surface area contributed by atoms with Crippen molar-refractivity contribution in [2.24, 2.45) is 5.73 Å². The largest absolute Gasteiger partial charge is 0.467 e. The van der Waals surface area contributed by atoms with Crippen LogP contribution >= 0.6 is 11.8 Å². The third-order valence-corrected chi connectivity index (χ3v) is 5.25. The molecule has 5 nitrogen and oxygen atoms in total. The number of rotatable bonds is 5. The molecule has 2 aromatic rings. The van der Waals surface area contributed by atoms with Gasteiger partial charge >= 0.3 is 0 Å². The summed E-state index contributed by atoms with van der Waals surface area (Å²) in [5.41, 5.74) is 9.23. The van der Waals surface area contributed by atoms with Gasteiger partial charge in [-0.05, 0) is 30.2 Å². The summed E-state index contributed by atoms with van der Waals surface area (Å²) in [6.45, 7) is 5.52. The van der Waals surface area contributed by atoms with Gasteiger partial charge in [0.15, 0.2) is 0 Å². The van der Waals surface area contributed by atoms with Gasteiger partial charge in [-0.25, -0.2) is 0 Å². The van der Waals surface area contributed by atoms with Crippen molar-refractivity contribution in [1.29, 1.82) is 0 Å². The maximum Gasteiger partial charge on any atom is 0.258 e. The van der Waals surface area contributed by atoms with E-state index in [9.17, 15) is 4.79 Å².